The lowest BCUT2D eigenvalue weighted by atomic mass is 9.99. The predicted octanol–water partition coefficient (Wildman–Crippen LogP) is 3.79. The monoisotopic (exact) mass is 370 g/mol. The van der Waals surface area contributed by atoms with Crippen LogP contribution in [0.5, 0.6) is 0 Å². The van der Waals surface area contributed by atoms with Gasteiger partial charge in [0.1, 0.15) is 11.9 Å². The van der Waals surface area contributed by atoms with E-state index in [9.17, 15) is 0 Å². The number of nitrogens with zero attached hydrogens (tertiary/aromatic N) is 5. The van der Waals surface area contributed by atoms with Crippen LogP contribution < -0.4 is 4.90 Å². The lowest BCUT2D eigenvalue weighted by Gasteiger charge is -2.35. The molecule has 4 aromatic rings. The smallest absolute Gasteiger partial charge is 0.129 e. The zero-order chi connectivity index (χ0) is 18.7. The Morgan fingerprint density at radius 2 is 2.04 bits per heavy atom. The van der Waals surface area contributed by atoms with Crippen LogP contribution in [0.4, 0.5) is 5.82 Å². The van der Waals surface area contributed by atoms with Crippen LogP contribution >= 0.6 is 0 Å². The SMILES string of the molecule is Cc1cccn2nc([C@@H]3c4nc[nH]c4CCN3c3cccc(C4CC4)n3)cc12. The molecular formula is C22H22N6. The molecule has 4 aromatic heterocycles. The summed E-state index contributed by atoms with van der Waals surface area (Å²) in [5.74, 6) is 1.67. The Morgan fingerprint density at radius 3 is 2.89 bits per heavy atom. The number of anilines is 1. The van der Waals surface area contributed by atoms with Crippen molar-refractivity contribution in [1.82, 2.24) is 24.6 Å². The molecule has 28 heavy (non-hydrogen) atoms. The maximum atomic E-state index is 5.02. The Balaban J connectivity index is 1.50. The molecule has 1 aliphatic heterocycles. The Hall–Kier alpha value is -3.15. The van der Waals surface area contributed by atoms with Gasteiger partial charge in [-0.1, -0.05) is 12.1 Å². The topological polar surface area (TPSA) is 62.1 Å². The molecule has 0 amide bonds. The van der Waals surface area contributed by atoms with E-state index in [2.05, 4.69) is 52.1 Å². The summed E-state index contributed by atoms with van der Waals surface area (Å²) >= 11 is 0. The summed E-state index contributed by atoms with van der Waals surface area (Å²) in [6, 6.07) is 12.8. The molecule has 0 spiro atoms. The molecular weight excluding hydrogens is 348 g/mol. The minimum absolute atomic E-state index is 0.0312. The molecule has 0 unspecified atom stereocenters. The highest BCUT2D eigenvalue weighted by Gasteiger charge is 2.34. The van der Waals surface area contributed by atoms with Crippen molar-refractivity contribution in [3.05, 3.63) is 77.3 Å². The molecule has 0 aromatic carbocycles. The molecule has 5 heterocycles. The van der Waals surface area contributed by atoms with Crippen LogP contribution in [0.3, 0.4) is 0 Å². The summed E-state index contributed by atoms with van der Waals surface area (Å²) in [4.78, 5) is 15.4. The van der Waals surface area contributed by atoms with Gasteiger partial charge in [-0.15, -0.1) is 0 Å². The Bertz CT molecular complexity index is 1170. The van der Waals surface area contributed by atoms with Crippen LogP contribution in [-0.4, -0.2) is 31.1 Å². The van der Waals surface area contributed by atoms with Gasteiger partial charge in [0.25, 0.3) is 0 Å². The van der Waals surface area contributed by atoms with Gasteiger partial charge in [0, 0.05) is 36.5 Å². The van der Waals surface area contributed by atoms with E-state index in [1.165, 1.54) is 29.8 Å². The third-order valence-corrected chi connectivity index (χ3v) is 5.98. The summed E-state index contributed by atoms with van der Waals surface area (Å²) in [6.07, 6.45) is 7.27. The molecule has 1 N–H and O–H groups in total. The van der Waals surface area contributed by atoms with Crippen molar-refractivity contribution in [2.24, 2.45) is 0 Å². The summed E-state index contributed by atoms with van der Waals surface area (Å²) in [7, 11) is 0. The number of aromatic nitrogens is 5. The lowest BCUT2D eigenvalue weighted by Crippen LogP contribution is -2.37. The van der Waals surface area contributed by atoms with Gasteiger partial charge in [0.05, 0.1) is 23.2 Å². The minimum atomic E-state index is -0.0312. The molecule has 140 valence electrons. The normalized spacial score (nSPS) is 19.2. The van der Waals surface area contributed by atoms with E-state index < -0.39 is 0 Å². The zero-order valence-corrected chi connectivity index (χ0v) is 15.8. The summed E-state index contributed by atoms with van der Waals surface area (Å²) in [5, 5.41) is 4.91. The molecule has 1 saturated carbocycles. The van der Waals surface area contributed by atoms with Gasteiger partial charge in [0.15, 0.2) is 0 Å². The minimum Gasteiger partial charge on any atom is -0.348 e. The third kappa shape index (κ3) is 2.44. The van der Waals surface area contributed by atoms with E-state index in [1.807, 2.05) is 16.8 Å². The average Bonchev–Trinajstić information content (AvgIpc) is 3.30. The van der Waals surface area contributed by atoms with E-state index in [0.717, 1.165) is 35.7 Å². The first-order chi connectivity index (χ1) is 13.8. The van der Waals surface area contributed by atoms with Crippen LogP contribution in [0.2, 0.25) is 0 Å². The second-order valence-electron chi connectivity index (χ2n) is 7.90. The van der Waals surface area contributed by atoms with E-state index in [1.54, 1.807) is 6.33 Å². The van der Waals surface area contributed by atoms with Gasteiger partial charge in [-0.25, -0.2) is 14.5 Å². The van der Waals surface area contributed by atoms with Crippen LogP contribution in [-0.2, 0) is 6.42 Å². The van der Waals surface area contributed by atoms with Crippen molar-refractivity contribution < 1.29 is 0 Å². The predicted molar refractivity (Wildman–Crippen MR) is 108 cm³/mol. The number of H-pyrrole nitrogens is 1. The van der Waals surface area contributed by atoms with Crippen molar-refractivity contribution in [2.75, 3.05) is 11.4 Å². The van der Waals surface area contributed by atoms with Gasteiger partial charge in [-0.3, -0.25) is 0 Å². The lowest BCUT2D eigenvalue weighted by molar-refractivity contribution is 0.609. The number of hydrogen-bond donors (Lipinski definition) is 1. The maximum absolute atomic E-state index is 5.02. The van der Waals surface area contributed by atoms with E-state index in [4.69, 9.17) is 10.1 Å². The second-order valence-corrected chi connectivity index (χ2v) is 7.90. The van der Waals surface area contributed by atoms with E-state index in [-0.39, 0.29) is 6.04 Å². The Kier molecular flexibility index (Phi) is 3.36. The molecule has 1 atom stereocenters. The van der Waals surface area contributed by atoms with Crippen molar-refractivity contribution in [3.63, 3.8) is 0 Å². The van der Waals surface area contributed by atoms with Crippen LogP contribution in [0.25, 0.3) is 5.52 Å². The molecule has 6 nitrogen and oxygen atoms in total. The fourth-order valence-corrected chi connectivity index (χ4v) is 4.34. The largest absolute Gasteiger partial charge is 0.348 e. The highest BCUT2D eigenvalue weighted by molar-refractivity contribution is 5.57. The van der Waals surface area contributed by atoms with Crippen molar-refractivity contribution >= 4 is 11.3 Å². The summed E-state index contributed by atoms with van der Waals surface area (Å²) in [6.45, 7) is 3.02. The number of aryl methyl sites for hydroxylation is 1. The molecule has 6 heteroatoms. The molecule has 0 radical (unpaired) electrons. The molecule has 0 bridgehead atoms. The highest BCUT2D eigenvalue weighted by atomic mass is 15.3. The molecule has 2 aliphatic rings. The molecule has 6 rings (SSSR count). The van der Waals surface area contributed by atoms with Crippen LogP contribution in [0, 0.1) is 6.92 Å². The zero-order valence-electron chi connectivity index (χ0n) is 15.8. The Morgan fingerprint density at radius 1 is 1.11 bits per heavy atom. The molecule has 1 aliphatic carbocycles. The van der Waals surface area contributed by atoms with Crippen LogP contribution in [0.1, 0.15) is 53.1 Å². The number of nitrogens with one attached hydrogen (secondary N) is 1. The highest BCUT2D eigenvalue weighted by Crippen LogP contribution is 2.41. The number of aromatic amines is 1. The fraction of sp³-hybridized carbons (Fsp3) is 0.318. The summed E-state index contributed by atoms with van der Waals surface area (Å²) < 4.78 is 1.97. The van der Waals surface area contributed by atoms with E-state index >= 15 is 0 Å². The van der Waals surface area contributed by atoms with Gasteiger partial charge in [0.2, 0.25) is 0 Å². The number of fused-ring (bicyclic) bond motifs is 2. The molecule has 0 saturated heterocycles. The number of hydrogen-bond acceptors (Lipinski definition) is 4. The first-order valence-corrected chi connectivity index (χ1v) is 9.98. The average molecular weight is 370 g/mol. The maximum Gasteiger partial charge on any atom is 0.129 e. The molecule has 1 fully saturated rings. The first-order valence-electron chi connectivity index (χ1n) is 9.98. The van der Waals surface area contributed by atoms with E-state index in [0.29, 0.717) is 5.92 Å². The number of pyridine rings is 2. The third-order valence-electron chi connectivity index (χ3n) is 5.98. The van der Waals surface area contributed by atoms with Gasteiger partial charge in [-0.05, 0) is 49.6 Å². The Labute approximate surface area is 163 Å². The van der Waals surface area contributed by atoms with Gasteiger partial charge in [-0.2, -0.15) is 5.10 Å². The van der Waals surface area contributed by atoms with Crippen LogP contribution in [0.15, 0.2) is 48.9 Å². The van der Waals surface area contributed by atoms with Crippen molar-refractivity contribution in [1.29, 1.82) is 0 Å². The fourth-order valence-electron chi connectivity index (χ4n) is 4.34. The first kappa shape index (κ1) is 15.9. The standard InChI is InChI=1S/C22H22N6/c1-14-4-3-10-28-19(14)12-18(26-28)22-21-17(23-13-24-21)9-11-27(22)20-6-2-5-16(25-20)15-7-8-15/h2-6,10,12-13,15,22H,7-9,11H2,1H3,(H,23,24)/t22-/m1/s1. The van der Waals surface area contributed by atoms with Crippen molar-refractivity contribution in [2.45, 2.75) is 38.1 Å². The van der Waals surface area contributed by atoms with Gasteiger partial charge >= 0.3 is 0 Å². The number of imidazole rings is 1. The second kappa shape index (κ2) is 5.92. The quantitative estimate of drug-likeness (QED) is 0.596. The van der Waals surface area contributed by atoms with Gasteiger partial charge < -0.3 is 9.88 Å². The summed E-state index contributed by atoms with van der Waals surface area (Å²) in [5.41, 5.74) is 6.86. The van der Waals surface area contributed by atoms with Crippen molar-refractivity contribution in [3.8, 4) is 0 Å². The number of rotatable bonds is 3.